The molecular weight excluding hydrogens is 330 g/mol. The zero-order valence-electron chi connectivity index (χ0n) is 12.6. The molecule has 0 spiro atoms. The first-order valence-electron chi connectivity index (χ1n) is 7.01. The number of non-ortho nitro benzene ring substituents is 1. The molecule has 0 aliphatic rings. The number of carbonyl (C=O) groups excluding carboxylic acids is 1. The molecule has 1 aromatic heterocycles. The Morgan fingerprint density at radius 2 is 1.72 bits per heavy atom. The number of nitrogens with one attached hydrogen (secondary N) is 2. The molecule has 0 saturated heterocycles. The first-order chi connectivity index (χ1) is 11.9. The molecule has 0 bridgehead atoms. The Labute approximate surface area is 139 Å². The minimum Gasteiger partial charge on any atom is -0.502 e. The summed E-state index contributed by atoms with van der Waals surface area (Å²) < 4.78 is 5.08. The Balaban J connectivity index is 1.76. The van der Waals surface area contributed by atoms with E-state index in [-0.39, 0.29) is 16.7 Å². The predicted octanol–water partition coefficient (Wildman–Crippen LogP) is 3.05. The Bertz CT molecular complexity index is 1030. The van der Waals surface area contributed by atoms with E-state index in [0.717, 1.165) is 6.26 Å². The van der Waals surface area contributed by atoms with Crippen molar-refractivity contribution in [3.05, 3.63) is 69.1 Å². The molecule has 0 fully saturated rings. The Morgan fingerprint density at radius 1 is 1.08 bits per heavy atom. The van der Waals surface area contributed by atoms with Gasteiger partial charge in [-0.15, -0.1) is 0 Å². The minimum absolute atomic E-state index is 0.0907. The second-order valence-electron chi connectivity index (χ2n) is 5.04. The van der Waals surface area contributed by atoms with Crippen LogP contribution in [0, 0.1) is 10.1 Å². The van der Waals surface area contributed by atoms with Crippen molar-refractivity contribution >= 4 is 34.1 Å². The van der Waals surface area contributed by atoms with E-state index in [2.05, 4.69) is 10.6 Å². The third kappa shape index (κ3) is 3.39. The van der Waals surface area contributed by atoms with E-state index >= 15 is 0 Å². The van der Waals surface area contributed by atoms with Gasteiger partial charge in [-0.1, -0.05) is 0 Å². The lowest BCUT2D eigenvalue weighted by Gasteiger charge is -2.08. The largest absolute Gasteiger partial charge is 0.502 e. The molecule has 0 radical (unpaired) electrons. The van der Waals surface area contributed by atoms with E-state index in [1.54, 1.807) is 0 Å². The highest BCUT2D eigenvalue weighted by Crippen LogP contribution is 2.20. The van der Waals surface area contributed by atoms with Gasteiger partial charge in [-0.25, -0.2) is 4.79 Å². The summed E-state index contributed by atoms with van der Waals surface area (Å²) in [7, 11) is 0. The fraction of sp³-hybridized carbons (Fsp3) is 0. The summed E-state index contributed by atoms with van der Waals surface area (Å²) in [6, 6.07) is 9.10. The maximum Gasteiger partial charge on any atom is 0.323 e. The number of aromatic hydroxyl groups is 1. The number of carbonyl (C=O) groups is 1. The number of hydrogen-bond donors (Lipinski definition) is 3. The molecule has 2 aromatic carbocycles. The molecule has 0 aliphatic heterocycles. The maximum atomic E-state index is 12.0. The number of nitrogens with zero attached hydrogens (tertiary/aromatic N) is 1. The molecule has 2 amide bonds. The van der Waals surface area contributed by atoms with Crippen molar-refractivity contribution in [3.8, 4) is 5.75 Å². The average Bonchev–Trinajstić information content (AvgIpc) is 2.59. The van der Waals surface area contributed by atoms with Gasteiger partial charge in [-0.2, -0.15) is 0 Å². The summed E-state index contributed by atoms with van der Waals surface area (Å²) in [4.78, 5) is 33.9. The van der Waals surface area contributed by atoms with E-state index < -0.39 is 22.1 Å². The van der Waals surface area contributed by atoms with E-state index in [1.807, 2.05) is 0 Å². The summed E-state index contributed by atoms with van der Waals surface area (Å²) in [5.41, 5.74) is 0.239. The van der Waals surface area contributed by atoms with Gasteiger partial charge in [-0.3, -0.25) is 14.9 Å². The van der Waals surface area contributed by atoms with Gasteiger partial charge in [0.25, 0.3) is 5.69 Å². The van der Waals surface area contributed by atoms with Gasteiger partial charge in [0.15, 0.2) is 5.75 Å². The molecule has 0 saturated carbocycles. The second kappa shape index (κ2) is 6.32. The highest BCUT2D eigenvalue weighted by molar-refractivity contribution is 6.00. The van der Waals surface area contributed by atoms with Gasteiger partial charge in [0.2, 0.25) is 5.43 Å². The van der Waals surface area contributed by atoms with Crippen LogP contribution in [0.3, 0.4) is 0 Å². The van der Waals surface area contributed by atoms with Crippen molar-refractivity contribution < 1.29 is 19.2 Å². The zero-order chi connectivity index (χ0) is 18.0. The number of hydrogen-bond acceptors (Lipinski definition) is 6. The van der Waals surface area contributed by atoms with Crippen molar-refractivity contribution in [1.82, 2.24) is 0 Å². The molecule has 3 rings (SSSR count). The SMILES string of the molecule is O=C(Nc1ccc([N+](=O)[O-])cc1)Nc1ccc2occ(O)c(=O)c2c1. The first-order valence-corrected chi connectivity index (χ1v) is 7.01. The van der Waals surface area contributed by atoms with Gasteiger partial charge in [0.05, 0.1) is 10.3 Å². The Morgan fingerprint density at radius 3 is 2.40 bits per heavy atom. The zero-order valence-corrected chi connectivity index (χ0v) is 12.6. The highest BCUT2D eigenvalue weighted by atomic mass is 16.6. The molecule has 0 atom stereocenters. The van der Waals surface area contributed by atoms with Crippen LogP contribution in [0.2, 0.25) is 0 Å². The fourth-order valence-electron chi connectivity index (χ4n) is 2.16. The number of rotatable bonds is 3. The number of amides is 2. The molecule has 1 heterocycles. The number of nitro groups is 1. The van der Waals surface area contributed by atoms with Crippen LogP contribution in [0.5, 0.6) is 5.75 Å². The third-order valence-corrected chi connectivity index (χ3v) is 3.35. The van der Waals surface area contributed by atoms with Crippen molar-refractivity contribution in [1.29, 1.82) is 0 Å². The smallest absolute Gasteiger partial charge is 0.323 e. The molecule has 9 heteroatoms. The van der Waals surface area contributed by atoms with Gasteiger partial charge in [0.1, 0.15) is 11.8 Å². The fourth-order valence-corrected chi connectivity index (χ4v) is 2.16. The summed E-state index contributed by atoms with van der Waals surface area (Å²) in [6.07, 6.45) is 0.944. The van der Waals surface area contributed by atoms with Crippen LogP contribution in [0.15, 0.2) is 57.9 Å². The second-order valence-corrected chi connectivity index (χ2v) is 5.04. The maximum absolute atomic E-state index is 12.0. The van der Waals surface area contributed by atoms with Gasteiger partial charge in [0, 0.05) is 23.5 Å². The van der Waals surface area contributed by atoms with Crippen LogP contribution < -0.4 is 16.1 Å². The Kier molecular flexibility index (Phi) is 4.04. The van der Waals surface area contributed by atoms with Gasteiger partial charge < -0.3 is 20.2 Å². The highest BCUT2D eigenvalue weighted by Gasteiger charge is 2.09. The van der Waals surface area contributed by atoms with E-state index in [4.69, 9.17) is 4.42 Å². The van der Waals surface area contributed by atoms with Crippen LogP contribution in [0.4, 0.5) is 21.9 Å². The monoisotopic (exact) mass is 341 g/mol. The number of nitro benzene ring substituents is 1. The standard InChI is InChI=1S/C16H11N3O6/c20-13-8-25-14-6-3-10(7-12(14)15(13)21)18-16(22)17-9-1-4-11(5-2-9)19(23)24/h1-8,20H,(H2,17,18,22). The first kappa shape index (κ1) is 16.0. The minimum atomic E-state index is -0.610. The molecule has 25 heavy (non-hydrogen) atoms. The van der Waals surface area contributed by atoms with E-state index in [9.17, 15) is 24.8 Å². The van der Waals surface area contributed by atoms with Crippen molar-refractivity contribution in [3.63, 3.8) is 0 Å². The van der Waals surface area contributed by atoms with Crippen LogP contribution in [-0.4, -0.2) is 16.1 Å². The molecular formula is C16H11N3O6. The van der Waals surface area contributed by atoms with Crippen molar-refractivity contribution in [2.45, 2.75) is 0 Å². The molecule has 0 unspecified atom stereocenters. The normalized spacial score (nSPS) is 10.4. The summed E-state index contributed by atoms with van der Waals surface area (Å²) >= 11 is 0. The summed E-state index contributed by atoms with van der Waals surface area (Å²) in [6.45, 7) is 0. The Hall–Kier alpha value is -3.88. The molecule has 0 aliphatic carbocycles. The molecule has 3 N–H and O–H groups in total. The number of anilines is 2. The predicted molar refractivity (Wildman–Crippen MR) is 89.9 cm³/mol. The van der Waals surface area contributed by atoms with Crippen LogP contribution in [0.25, 0.3) is 11.0 Å². The average molecular weight is 341 g/mol. The van der Waals surface area contributed by atoms with Crippen LogP contribution in [-0.2, 0) is 0 Å². The number of benzene rings is 2. The lowest BCUT2D eigenvalue weighted by molar-refractivity contribution is -0.384. The number of urea groups is 1. The van der Waals surface area contributed by atoms with Gasteiger partial charge in [-0.05, 0) is 30.3 Å². The summed E-state index contributed by atoms with van der Waals surface area (Å²) in [5.74, 6) is -0.528. The van der Waals surface area contributed by atoms with E-state index in [0.29, 0.717) is 11.4 Å². The van der Waals surface area contributed by atoms with Crippen molar-refractivity contribution in [2.24, 2.45) is 0 Å². The lowest BCUT2D eigenvalue weighted by atomic mass is 10.2. The number of fused-ring (bicyclic) bond motifs is 1. The molecule has 3 aromatic rings. The summed E-state index contributed by atoms with van der Waals surface area (Å²) in [5, 5.41) is 25.1. The van der Waals surface area contributed by atoms with Crippen molar-refractivity contribution in [2.75, 3.05) is 10.6 Å². The van der Waals surface area contributed by atoms with E-state index in [1.165, 1.54) is 42.5 Å². The third-order valence-electron chi connectivity index (χ3n) is 3.35. The van der Waals surface area contributed by atoms with Crippen LogP contribution >= 0.6 is 0 Å². The lowest BCUT2D eigenvalue weighted by Crippen LogP contribution is -2.19. The van der Waals surface area contributed by atoms with Gasteiger partial charge >= 0.3 is 6.03 Å². The topological polar surface area (TPSA) is 135 Å². The van der Waals surface area contributed by atoms with Crippen LogP contribution in [0.1, 0.15) is 0 Å². The molecule has 126 valence electrons. The quantitative estimate of drug-likeness (QED) is 0.495. The molecule has 9 nitrogen and oxygen atoms in total.